The number of hydrogen-bond acceptors (Lipinski definition) is 4. The molecule has 0 bridgehead atoms. The molecule has 0 saturated heterocycles. The molecule has 3 aromatic carbocycles. The molecule has 0 spiro atoms. The summed E-state index contributed by atoms with van der Waals surface area (Å²) in [6.45, 7) is 1.97. The van der Waals surface area contributed by atoms with Gasteiger partial charge in [-0.1, -0.05) is 53.2 Å². The average molecular weight is 401 g/mol. The summed E-state index contributed by atoms with van der Waals surface area (Å²) in [6.07, 6.45) is 0.490. The summed E-state index contributed by atoms with van der Waals surface area (Å²) >= 11 is 0. The molecule has 1 aromatic heterocycles. The normalized spacial score (nSPS) is 11.8. The van der Waals surface area contributed by atoms with Crippen molar-refractivity contribution in [1.82, 2.24) is 15.5 Å². The Morgan fingerprint density at radius 3 is 2.40 bits per heavy atom. The first-order valence-corrected chi connectivity index (χ1v) is 9.59. The summed E-state index contributed by atoms with van der Waals surface area (Å²) < 4.78 is 18.7. The maximum Gasteiger partial charge on any atom is 0.251 e. The van der Waals surface area contributed by atoms with E-state index in [0.717, 1.165) is 11.1 Å². The molecule has 1 N–H and O–H groups in total. The van der Waals surface area contributed by atoms with Gasteiger partial charge < -0.3 is 9.84 Å². The van der Waals surface area contributed by atoms with Gasteiger partial charge in [-0.05, 0) is 48.9 Å². The van der Waals surface area contributed by atoms with E-state index in [1.807, 2.05) is 49.4 Å². The molecule has 6 heteroatoms. The Bertz CT molecular complexity index is 1120. The van der Waals surface area contributed by atoms with E-state index < -0.39 is 6.04 Å². The zero-order chi connectivity index (χ0) is 20.9. The summed E-state index contributed by atoms with van der Waals surface area (Å²) in [4.78, 5) is 17.3. The van der Waals surface area contributed by atoms with Crippen LogP contribution in [0.5, 0.6) is 0 Å². The molecule has 0 unspecified atom stereocenters. The molecule has 1 amide bonds. The highest BCUT2D eigenvalue weighted by molar-refractivity contribution is 5.94. The summed E-state index contributed by atoms with van der Waals surface area (Å²) in [5, 5.41) is 7.01. The van der Waals surface area contributed by atoms with Crippen molar-refractivity contribution in [3.8, 4) is 11.4 Å². The number of nitrogens with one attached hydrogen (secondary N) is 1. The average Bonchev–Trinajstić information content (AvgIpc) is 3.25. The SMILES string of the molecule is Cc1ccc(C(=O)N[C@H](Cc2ccccc2)c2nc(-c3ccc(F)cc3)no2)cc1. The Morgan fingerprint density at radius 1 is 1.00 bits per heavy atom. The van der Waals surface area contributed by atoms with Gasteiger partial charge in [-0.2, -0.15) is 4.98 Å². The van der Waals surface area contributed by atoms with E-state index in [2.05, 4.69) is 15.5 Å². The summed E-state index contributed by atoms with van der Waals surface area (Å²) in [6, 6.07) is 22.4. The van der Waals surface area contributed by atoms with Crippen molar-refractivity contribution in [3.63, 3.8) is 0 Å². The van der Waals surface area contributed by atoms with Crippen LogP contribution < -0.4 is 5.32 Å². The fourth-order valence-corrected chi connectivity index (χ4v) is 3.09. The van der Waals surface area contributed by atoms with Crippen LogP contribution in [0.1, 0.15) is 33.4 Å². The molecule has 150 valence electrons. The van der Waals surface area contributed by atoms with Crippen LogP contribution in [-0.2, 0) is 6.42 Å². The lowest BCUT2D eigenvalue weighted by molar-refractivity contribution is 0.0928. The van der Waals surface area contributed by atoms with Crippen LogP contribution in [0.4, 0.5) is 4.39 Å². The Morgan fingerprint density at radius 2 is 1.70 bits per heavy atom. The maximum atomic E-state index is 13.2. The molecule has 0 aliphatic carbocycles. The summed E-state index contributed by atoms with van der Waals surface area (Å²) in [5.41, 5.74) is 3.29. The smallest absolute Gasteiger partial charge is 0.251 e. The number of benzene rings is 3. The highest BCUT2D eigenvalue weighted by Crippen LogP contribution is 2.22. The lowest BCUT2D eigenvalue weighted by atomic mass is 10.0. The fourth-order valence-electron chi connectivity index (χ4n) is 3.09. The second kappa shape index (κ2) is 8.69. The number of amides is 1. The quantitative estimate of drug-likeness (QED) is 0.499. The number of halogens is 1. The Labute approximate surface area is 173 Å². The van der Waals surface area contributed by atoms with E-state index >= 15 is 0 Å². The van der Waals surface area contributed by atoms with Crippen molar-refractivity contribution >= 4 is 5.91 Å². The van der Waals surface area contributed by atoms with Crippen molar-refractivity contribution in [2.75, 3.05) is 0 Å². The standard InChI is InChI=1S/C24H20FN3O2/c1-16-7-9-19(10-8-16)23(29)26-21(15-17-5-3-2-4-6-17)24-27-22(28-30-24)18-11-13-20(25)14-12-18/h2-14,21H,15H2,1H3,(H,26,29)/t21-/m1/s1. The van der Waals surface area contributed by atoms with Crippen LogP contribution in [0, 0.1) is 12.7 Å². The number of aryl methyl sites for hydroxylation is 1. The van der Waals surface area contributed by atoms with Crippen molar-refractivity contribution in [2.24, 2.45) is 0 Å². The monoisotopic (exact) mass is 401 g/mol. The Hall–Kier alpha value is -3.80. The predicted octanol–water partition coefficient (Wildman–Crippen LogP) is 4.90. The number of hydrogen-bond donors (Lipinski definition) is 1. The van der Waals surface area contributed by atoms with E-state index in [-0.39, 0.29) is 11.7 Å². The number of nitrogens with zero attached hydrogens (tertiary/aromatic N) is 2. The van der Waals surface area contributed by atoms with Crippen LogP contribution in [-0.4, -0.2) is 16.0 Å². The van der Waals surface area contributed by atoms with E-state index in [1.54, 1.807) is 24.3 Å². The van der Waals surface area contributed by atoms with Gasteiger partial charge in [-0.3, -0.25) is 4.79 Å². The zero-order valence-corrected chi connectivity index (χ0v) is 16.4. The third kappa shape index (κ3) is 4.60. The largest absolute Gasteiger partial charge is 0.340 e. The number of carbonyl (C=O) groups excluding carboxylic acids is 1. The maximum absolute atomic E-state index is 13.2. The highest BCUT2D eigenvalue weighted by Gasteiger charge is 2.23. The second-order valence-electron chi connectivity index (χ2n) is 7.04. The molecule has 0 aliphatic rings. The first kappa shape index (κ1) is 19.5. The van der Waals surface area contributed by atoms with Crippen LogP contribution >= 0.6 is 0 Å². The van der Waals surface area contributed by atoms with Gasteiger partial charge in [0.15, 0.2) is 0 Å². The number of aromatic nitrogens is 2. The summed E-state index contributed by atoms with van der Waals surface area (Å²) in [5.74, 6) is 0.0681. The van der Waals surface area contributed by atoms with Crippen molar-refractivity contribution in [2.45, 2.75) is 19.4 Å². The van der Waals surface area contributed by atoms with E-state index in [4.69, 9.17) is 4.52 Å². The molecule has 1 heterocycles. The fraction of sp³-hybridized carbons (Fsp3) is 0.125. The van der Waals surface area contributed by atoms with Gasteiger partial charge in [-0.15, -0.1) is 0 Å². The molecule has 0 fully saturated rings. The van der Waals surface area contributed by atoms with Crippen molar-refractivity contribution in [1.29, 1.82) is 0 Å². The van der Waals surface area contributed by atoms with E-state index in [9.17, 15) is 9.18 Å². The first-order chi connectivity index (χ1) is 14.6. The molecule has 4 rings (SSSR count). The van der Waals surface area contributed by atoms with Gasteiger partial charge in [-0.25, -0.2) is 4.39 Å². The first-order valence-electron chi connectivity index (χ1n) is 9.59. The topological polar surface area (TPSA) is 68.0 Å². The molecule has 0 radical (unpaired) electrons. The van der Waals surface area contributed by atoms with Gasteiger partial charge in [0.25, 0.3) is 5.91 Å². The minimum atomic E-state index is -0.511. The second-order valence-corrected chi connectivity index (χ2v) is 7.04. The minimum absolute atomic E-state index is 0.225. The van der Waals surface area contributed by atoms with E-state index in [0.29, 0.717) is 29.3 Å². The van der Waals surface area contributed by atoms with Gasteiger partial charge >= 0.3 is 0 Å². The molecule has 30 heavy (non-hydrogen) atoms. The van der Waals surface area contributed by atoms with Crippen LogP contribution in [0.2, 0.25) is 0 Å². The summed E-state index contributed by atoms with van der Waals surface area (Å²) in [7, 11) is 0. The molecule has 0 aliphatic heterocycles. The minimum Gasteiger partial charge on any atom is -0.340 e. The number of rotatable bonds is 6. The lowest BCUT2D eigenvalue weighted by Crippen LogP contribution is -2.30. The van der Waals surface area contributed by atoms with Crippen LogP contribution in [0.15, 0.2) is 83.4 Å². The Balaban J connectivity index is 1.61. The lowest BCUT2D eigenvalue weighted by Gasteiger charge is -2.15. The molecule has 4 aromatic rings. The molecular formula is C24H20FN3O2. The van der Waals surface area contributed by atoms with Crippen molar-refractivity contribution in [3.05, 3.63) is 107 Å². The van der Waals surface area contributed by atoms with Gasteiger partial charge in [0.1, 0.15) is 11.9 Å². The molecule has 1 atom stereocenters. The van der Waals surface area contributed by atoms with Crippen LogP contribution in [0.25, 0.3) is 11.4 Å². The van der Waals surface area contributed by atoms with Gasteiger partial charge in [0, 0.05) is 17.5 Å². The van der Waals surface area contributed by atoms with E-state index in [1.165, 1.54) is 12.1 Å². The zero-order valence-electron chi connectivity index (χ0n) is 16.4. The van der Waals surface area contributed by atoms with Crippen molar-refractivity contribution < 1.29 is 13.7 Å². The molecule has 0 saturated carbocycles. The third-order valence-electron chi connectivity index (χ3n) is 4.74. The predicted molar refractivity (Wildman–Crippen MR) is 111 cm³/mol. The molecular weight excluding hydrogens is 381 g/mol. The third-order valence-corrected chi connectivity index (χ3v) is 4.74. The van der Waals surface area contributed by atoms with Crippen LogP contribution in [0.3, 0.4) is 0 Å². The Kier molecular flexibility index (Phi) is 5.66. The van der Waals surface area contributed by atoms with Gasteiger partial charge in [0.2, 0.25) is 11.7 Å². The number of carbonyl (C=O) groups is 1. The highest BCUT2D eigenvalue weighted by atomic mass is 19.1. The van der Waals surface area contributed by atoms with Gasteiger partial charge in [0.05, 0.1) is 0 Å². The molecule has 5 nitrogen and oxygen atoms in total.